The highest BCUT2D eigenvalue weighted by Crippen LogP contribution is 2.29. The molecule has 0 radical (unpaired) electrons. The molecule has 2 aliphatic rings. The van der Waals surface area contributed by atoms with Crippen LogP contribution in [0.5, 0.6) is 0 Å². The fraction of sp³-hybridized carbons (Fsp3) is 1.00. The summed E-state index contributed by atoms with van der Waals surface area (Å²) in [5.74, 6) is 0.754. The first-order valence-electron chi connectivity index (χ1n) is 7.40. The van der Waals surface area contributed by atoms with E-state index in [9.17, 15) is 0 Å². The van der Waals surface area contributed by atoms with E-state index >= 15 is 0 Å². The average Bonchev–Trinajstić information content (AvgIpc) is 2.39. The van der Waals surface area contributed by atoms with E-state index in [4.69, 9.17) is 5.73 Å². The Morgan fingerprint density at radius 2 is 1.94 bits per heavy atom. The molecule has 2 fully saturated rings. The molecule has 3 nitrogen and oxygen atoms in total. The van der Waals surface area contributed by atoms with Crippen molar-refractivity contribution in [3.05, 3.63) is 0 Å². The summed E-state index contributed by atoms with van der Waals surface area (Å²) in [5, 5.41) is 0. The molecule has 3 atom stereocenters. The zero-order chi connectivity index (χ0) is 12.3. The molecule has 1 saturated carbocycles. The third kappa shape index (κ3) is 3.01. The first-order chi connectivity index (χ1) is 8.26. The number of likely N-dealkylation sites (N-methyl/N-ethyl adjacent to an activating group) is 1. The molecule has 2 rings (SSSR count). The number of rotatable bonds is 3. The topological polar surface area (TPSA) is 32.5 Å². The molecule has 1 heterocycles. The second kappa shape index (κ2) is 6.17. The number of hydrogen-bond donors (Lipinski definition) is 1. The molecule has 2 N–H and O–H groups in total. The van der Waals surface area contributed by atoms with E-state index in [-0.39, 0.29) is 0 Å². The SMILES string of the molecule is CCC1CN(C2CCCCC2CN)CCN1C. The molecule has 1 aliphatic carbocycles. The Morgan fingerprint density at radius 1 is 1.18 bits per heavy atom. The van der Waals surface area contributed by atoms with Crippen molar-refractivity contribution in [2.75, 3.05) is 33.2 Å². The van der Waals surface area contributed by atoms with Gasteiger partial charge in [-0.1, -0.05) is 19.8 Å². The van der Waals surface area contributed by atoms with E-state index < -0.39 is 0 Å². The van der Waals surface area contributed by atoms with Crippen molar-refractivity contribution in [3.8, 4) is 0 Å². The molecule has 0 aromatic rings. The van der Waals surface area contributed by atoms with Crippen LogP contribution in [0, 0.1) is 5.92 Å². The van der Waals surface area contributed by atoms with Gasteiger partial charge >= 0.3 is 0 Å². The number of nitrogens with zero attached hydrogens (tertiary/aromatic N) is 2. The van der Waals surface area contributed by atoms with Gasteiger partial charge in [-0.05, 0) is 38.8 Å². The molecule has 3 unspecified atom stereocenters. The molecule has 0 aromatic heterocycles. The van der Waals surface area contributed by atoms with Gasteiger partial charge in [0.05, 0.1) is 0 Å². The summed E-state index contributed by atoms with van der Waals surface area (Å²) in [6.07, 6.45) is 6.80. The molecule has 1 saturated heterocycles. The van der Waals surface area contributed by atoms with Crippen LogP contribution in [0.25, 0.3) is 0 Å². The number of piperazine rings is 1. The van der Waals surface area contributed by atoms with Gasteiger partial charge in [0.15, 0.2) is 0 Å². The van der Waals surface area contributed by atoms with Crippen LogP contribution in [0.3, 0.4) is 0 Å². The minimum atomic E-state index is 0.754. The van der Waals surface area contributed by atoms with Crippen LogP contribution in [0.1, 0.15) is 39.0 Å². The molecule has 0 bridgehead atoms. The van der Waals surface area contributed by atoms with E-state index in [0.717, 1.165) is 24.5 Å². The molecule has 0 aromatic carbocycles. The van der Waals surface area contributed by atoms with Crippen molar-refractivity contribution in [2.24, 2.45) is 11.7 Å². The van der Waals surface area contributed by atoms with Crippen molar-refractivity contribution >= 4 is 0 Å². The lowest BCUT2D eigenvalue weighted by molar-refractivity contribution is 0.0276. The largest absolute Gasteiger partial charge is 0.330 e. The summed E-state index contributed by atoms with van der Waals surface area (Å²) in [5.41, 5.74) is 5.96. The number of nitrogens with two attached hydrogens (primary N) is 1. The van der Waals surface area contributed by atoms with Gasteiger partial charge in [-0.25, -0.2) is 0 Å². The van der Waals surface area contributed by atoms with Crippen molar-refractivity contribution in [1.29, 1.82) is 0 Å². The first kappa shape index (κ1) is 13.3. The Hall–Kier alpha value is -0.120. The second-order valence-electron chi connectivity index (χ2n) is 5.89. The lowest BCUT2D eigenvalue weighted by Gasteiger charge is -2.46. The highest BCUT2D eigenvalue weighted by atomic mass is 15.3. The fourth-order valence-electron chi connectivity index (χ4n) is 3.66. The van der Waals surface area contributed by atoms with Gasteiger partial charge in [0.2, 0.25) is 0 Å². The number of hydrogen-bond acceptors (Lipinski definition) is 3. The van der Waals surface area contributed by atoms with Gasteiger partial charge in [0, 0.05) is 31.7 Å². The molecule has 100 valence electrons. The van der Waals surface area contributed by atoms with Gasteiger partial charge in [-0.3, -0.25) is 4.90 Å². The summed E-state index contributed by atoms with van der Waals surface area (Å²) >= 11 is 0. The average molecular weight is 239 g/mol. The minimum absolute atomic E-state index is 0.754. The van der Waals surface area contributed by atoms with Crippen molar-refractivity contribution < 1.29 is 0 Å². The van der Waals surface area contributed by atoms with Crippen LogP contribution in [-0.2, 0) is 0 Å². The first-order valence-corrected chi connectivity index (χ1v) is 7.40. The standard InChI is InChI=1S/C14H29N3/c1-3-13-11-17(9-8-16(13)2)14-7-5-4-6-12(14)10-15/h12-14H,3-11,15H2,1-2H3. The van der Waals surface area contributed by atoms with E-state index in [1.807, 2.05) is 0 Å². The predicted octanol–water partition coefficient (Wildman–Crippen LogP) is 1.53. The van der Waals surface area contributed by atoms with Crippen LogP contribution >= 0.6 is 0 Å². The summed E-state index contributed by atoms with van der Waals surface area (Å²) in [6.45, 7) is 6.92. The van der Waals surface area contributed by atoms with Crippen LogP contribution < -0.4 is 5.73 Å². The Morgan fingerprint density at radius 3 is 2.65 bits per heavy atom. The smallest absolute Gasteiger partial charge is 0.0218 e. The summed E-state index contributed by atoms with van der Waals surface area (Å²) in [6, 6.07) is 1.53. The molecular formula is C14H29N3. The molecule has 1 aliphatic heterocycles. The van der Waals surface area contributed by atoms with E-state index in [1.165, 1.54) is 51.7 Å². The fourth-order valence-corrected chi connectivity index (χ4v) is 3.66. The molecule has 0 spiro atoms. The lowest BCUT2D eigenvalue weighted by atomic mass is 9.83. The van der Waals surface area contributed by atoms with Crippen LogP contribution in [0.4, 0.5) is 0 Å². The lowest BCUT2D eigenvalue weighted by Crippen LogP contribution is -2.57. The monoisotopic (exact) mass is 239 g/mol. The van der Waals surface area contributed by atoms with E-state index in [2.05, 4.69) is 23.8 Å². The van der Waals surface area contributed by atoms with Crippen molar-refractivity contribution in [2.45, 2.75) is 51.1 Å². The molecule has 17 heavy (non-hydrogen) atoms. The molecule has 3 heteroatoms. The Labute approximate surface area is 106 Å². The summed E-state index contributed by atoms with van der Waals surface area (Å²) in [4.78, 5) is 5.27. The zero-order valence-corrected chi connectivity index (χ0v) is 11.6. The van der Waals surface area contributed by atoms with E-state index in [0.29, 0.717) is 0 Å². The molecule has 0 amide bonds. The predicted molar refractivity (Wildman–Crippen MR) is 73.1 cm³/mol. The van der Waals surface area contributed by atoms with Gasteiger partial charge in [0.1, 0.15) is 0 Å². The highest BCUT2D eigenvalue weighted by Gasteiger charge is 2.33. The van der Waals surface area contributed by atoms with Crippen LogP contribution in [0.15, 0.2) is 0 Å². The highest BCUT2D eigenvalue weighted by molar-refractivity contribution is 4.89. The Balaban J connectivity index is 1.96. The quantitative estimate of drug-likeness (QED) is 0.811. The summed E-state index contributed by atoms with van der Waals surface area (Å²) in [7, 11) is 2.27. The maximum atomic E-state index is 5.96. The van der Waals surface area contributed by atoms with Crippen molar-refractivity contribution in [3.63, 3.8) is 0 Å². The Bertz CT molecular complexity index is 232. The third-order valence-electron chi connectivity index (χ3n) is 4.92. The molecular weight excluding hydrogens is 210 g/mol. The van der Waals surface area contributed by atoms with Crippen LogP contribution in [-0.4, -0.2) is 55.1 Å². The van der Waals surface area contributed by atoms with Crippen molar-refractivity contribution in [1.82, 2.24) is 9.80 Å². The Kier molecular flexibility index (Phi) is 4.83. The zero-order valence-electron chi connectivity index (χ0n) is 11.6. The maximum Gasteiger partial charge on any atom is 0.0218 e. The van der Waals surface area contributed by atoms with Gasteiger partial charge in [0.25, 0.3) is 0 Å². The normalized spacial score (nSPS) is 37.2. The van der Waals surface area contributed by atoms with Crippen LogP contribution in [0.2, 0.25) is 0 Å². The van der Waals surface area contributed by atoms with Gasteiger partial charge in [-0.15, -0.1) is 0 Å². The van der Waals surface area contributed by atoms with Gasteiger partial charge < -0.3 is 10.6 Å². The van der Waals surface area contributed by atoms with Gasteiger partial charge in [-0.2, -0.15) is 0 Å². The van der Waals surface area contributed by atoms with E-state index in [1.54, 1.807) is 0 Å². The third-order valence-corrected chi connectivity index (χ3v) is 4.92. The minimum Gasteiger partial charge on any atom is -0.330 e. The maximum absolute atomic E-state index is 5.96. The summed E-state index contributed by atoms with van der Waals surface area (Å²) < 4.78 is 0. The second-order valence-corrected chi connectivity index (χ2v) is 5.89.